The summed E-state index contributed by atoms with van der Waals surface area (Å²) in [4.78, 5) is 0. The number of hydrazine groups is 1. The zero-order chi connectivity index (χ0) is 15.2. The van der Waals surface area contributed by atoms with Gasteiger partial charge in [0.15, 0.2) is 0 Å². The van der Waals surface area contributed by atoms with Gasteiger partial charge in [0.2, 0.25) is 0 Å². The van der Waals surface area contributed by atoms with Gasteiger partial charge in [-0.1, -0.05) is 15.9 Å². The number of nitrogens with one attached hydrogen (secondary N) is 1. The van der Waals surface area contributed by atoms with Crippen LogP contribution in [0.2, 0.25) is 0 Å². The van der Waals surface area contributed by atoms with E-state index in [0.29, 0.717) is 12.0 Å². The summed E-state index contributed by atoms with van der Waals surface area (Å²) in [5.41, 5.74) is 3.17. The van der Waals surface area contributed by atoms with Gasteiger partial charge in [0.05, 0.1) is 0 Å². The number of nitrogens with two attached hydrogens (primary N) is 1. The van der Waals surface area contributed by atoms with Gasteiger partial charge in [0.1, 0.15) is 12.4 Å². The first-order valence-corrected chi connectivity index (χ1v) is 6.65. The lowest BCUT2D eigenvalue weighted by Gasteiger charge is -2.17. The van der Waals surface area contributed by atoms with E-state index in [0.717, 1.165) is 4.47 Å². The van der Waals surface area contributed by atoms with Crippen molar-refractivity contribution in [3.8, 4) is 0 Å². The van der Waals surface area contributed by atoms with E-state index in [1.54, 1.807) is 6.07 Å². The third-order valence-electron chi connectivity index (χ3n) is 2.59. The van der Waals surface area contributed by atoms with Gasteiger partial charge in [-0.25, -0.2) is 4.39 Å². The molecule has 0 radical (unpaired) electrons. The molecule has 0 heterocycles. The Hall–Kier alpha value is -0.700. The van der Waals surface area contributed by atoms with E-state index in [4.69, 9.17) is 5.84 Å². The Morgan fingerprint density at radius 3 is 2.65 bits per heavy atom. The van der Waals surface area contributed by atoms with Gasteiger partial charge in [-0.15, -0.1) is 0 Å². The highest BCUT2D eigenvalue weighted by Crippen LogP contribution is 2.20. The second kappa shape index (κ2) is 7.92. The van der Waals surface area contributed by atoms with E-state index in [2.05, 4.69) is 26.1 Å². The highest BCUT2D eigenvalue weighted by molar-refractivity contribution is 9.10. The molecule has 0 aliphatic heterocycles. The van der Waals surface area contributed by atoms with Gasteiger partial charge in [-0.05, 0) is 36.6 Å². The molecule has 0 bridgehead atoms. The molecule has 20 heavy (non-hydrogen) atoms. The Labute approximate surface area is 122 Å². The number of hydrogen-bond acceptors (Lipinski definition) is 3. The molecule has 8 heteroatoms. The highest BCUT2D eigenvalue weighted by Gasteiger charge is 2.27. The van der Waals surface area contributed by atoms with Crippen LogP contribution < -0.4 is 11.3 Å². The Balaban J connectivity index is 2.45. The molecule has 0 spiro atoms. The minimum atomic E-state index is -4.34. The quantitative estimate of drug-likeness (QED) is 0.341. The summed E-state index contributed by atoms with van der Waals surface area (Å²) < 4.78 is 54.0. The molecule has 0 saturated heterocycles. The van der Waals surface area contributed by atoms with Crippen LogP contribution in [0.15, 0.2) is 22.7 Å². The maximum Gasteiger partial charge on any atom is 0.411 e. The number of ether oxygens (including phenoxy) is 1. The van der Waals surface area contributed by atoms with Crippen molar-refractivity contribution >= 4 is 15.9 Å². The monoisotopic (exact) mass is 358 g/mol. The lowest BCUT2D eigenvalue weighted by atomic mass is 10.0. The number of benzene rings is 1. The smallest absolute Gasteiger partial charge is 0.372 e. The van der Waals surface area contributed by atoms with Gasteiger partial charge in [-0.3, -0.25) is 11.3 Å². The summed E-state index contributed by atoms with van der Waals surface area (Å²) >= 11 is 3.28. The number of rotatable bonds is 7. The molecule has 0 saturated carbocycles. The molecule has 1 atom stereocenters. The summed E-state index contributed by atoms with van der Waals surface area (Å²) in [6.07, 6.45) is -3.67. The van der Waals surface area contributed by atoms with Crippen molar-refractivity contribution in [1.82, 2.24) is 5.43 Å². The molecule has 1 rings (SSSR count). The normalized spacial score (nSPS) is 13.5. The molecular formula is C12H15BrF4N2O. The van der Waals surface area contributed by atoms with Crippen LogP contribution >= 0.6 is 15.9 Å². The minimum Gasteiger partial charge on any atom is -0.372 e. The zero-order valence-corrected chi connectivity index (χ0v) is 12.1. The SMILES string of the molecule is NNC(CCOCC(F)(F)F)Cc1cc(F)ccc1Br. The fraction of sp³-hybridized carbons (Fsp3) is 0.500. The van der Waals surface area contributed by atoms with Gasteiger partial charge in [0, 0.05) is 17.1 Å². The summed E-state index contributed by atoms with van der Waals surface area (Å²) in [5, 5.41) is 0. The predicted molar refractivity (Wildman–Crippen MR) is 70.4 cm³/mol. The van der Waals surface area contributed by atoms with Crippen LogP contribution in [0.25, 0.3) is 0 Å². The number of alkyl halides is 3. The van der Waals surface area contributed by atoms with E-state index < -0.39 is 12.8 Å². The molecule has 3 nitrogen and oxygen atoms in total. The minimum absolute atomic E-state index is 0.0820. The molecule has 114 valence electrons. The molecule has 1 aromatic carbocycles. The van der Waals surface area contributed by atoms with Crippen LogP contribution in [-0.4, -0.2) is 25.4 Å². The lowest BCUT2D eigenvalue weighted by molar-refractivity contribution is -0.174. The Morgan fingerprint density at radius 1 is 1.35 bits per heavy atom. The van der Waals surface area contributed by atoms with Crippen molar-refractivity contribution in [3.05, 3.63) is 34.1 Å². The highest BCUT2D eigenvalue weighted by atomic mass is 79.9. The Kier molecular flexibility index (Phi) is 6.87. The summed E-state index contributed by atoms with van der Waals surface area (Å²) in [6.45, 7) is -1.37. The van der Waals surface area contributed by atoms with Crippen molar-refractivity contribution in [2.45, 2.75) is 25.1 Å². The van der Waals surface area contributed by atoms with Crippen LogP contribution in [0.4, 0.5) is 17.6 Å². The molecule has 0 aliphatic rings. The molecular weight excluding hydrogens is 344 g/mol. The lowest BCUT2D eigenvalue weighted by Crippen LogP contribution is -2.38. The zero-order valence-electron chi connectivity index (χ0n) is 10.5. The van der Waals surface area contributed by atoms with Gasteiger partial charge in [0.25, 0.3) is 0 Å². The fourth-order valence-electron chi connectivity index (χ4n) is 1.62. The first kappa shape index (κ1) is 17.4. The van der Waals surface area contributed by atoms with Crippen LogP contribution in [0.1, 0.15) is 12.0 Å². The van der Waals surface area contributed by atoms with Crippen LogP contribution in [-0.2, 0) is 11.2 Å². The maximum atomic E-state index is 13.1. The van der Waals surface area contributed by atoms with Gasteiger partial charge < -0.3 is 4.74 Å². The Bertz CT molecular complexity index is 428. The number of halogens is 5. The van der Waals surface area contributed by atoms with Crippen molar-refractivity contribution in [1.29, 1.82) is 0 Å². The van der Waals surface area contributed by atoms with Gasteiger partial charge >= 0.3 is 6.18 Å². The van der Waals surface area contributed by atoms with Gasteiger partial charge in [-0.2, -0.15) is 13.2 Å². The third-order valence-corrected chi connectivity index (χ3v) is 3.36. The summed E-state index contributed by atoms with van der Waals surface area (Å²) in [5.74, 6) is 4.96. The molecule has 3 N–H and O–H groups in total. The Morgan fingerprint density at radius 2 is 2.05 bits per heavy atom. The molecule has 0 aromatic heterocycles. The molecule has 0 amide bonds. The first-order chi connectivity index (χ1) is 9.31. The van der Waals surface area contributed by atoms with Crippen LogP contribution in [0.5, 0.6) is 0 Å². The average molecular weight is 359 g/mol. The predicted octanol–water partition coefficient (Wildman–Crippen LogP) is 2.93. The van der Waals surface area contributed by atoms with Crippen molar-refractivity contribution < 1.29 is 22.3 Å². The van der Waals surface area contributed by atoms with E-state index >= 15 is 0 Å². The van der Waals surface area contributed by atoms with E-state index in [-0.39, 0.29) is 24.9 Å². The standard InChI is InChI=1S/C12H15BrF4N2O/c13-11-2-1-9(14)5-8(11)6-10(19-18)3-4-20-7-12(15,16)17/h1-2,5,10,19H,3-4,6-7,18H2. The van der Waals surface area contributed by atoms with E-state index in [1.165, 1.54) is 12.1 Å². The topological polar surface area (TPSA) is 47.3 Å². The first-order valence-electron chi connectivity index (χ1n) is 5.86. The van der Waals surface area contributed by atoms with Crippen LogP contribution in [0, 0.1) is 5.82 Å². The third kappa shape index (κ3) is 6.65. The molecule has 1 aromatic rings. The largest absolute Gasteiger partial charge is 0.411 e. The molecule has 0 aliphatic carbocycles. The maximum absolute atomic E-state index is 13.1. The molecule has 1 unspecified atom stereocenters. The second-order valence-electron chi connectivity index (χ2n) is 4.26. The van der Waals surface area contributed by atoms with Crippen molar-refractivity contribution in [2.75, 3.05) is 13.2 Å². The average Bonchev–Trinajstić information content (AvgIpc) is 2.36. The molecule has 0 fully saturated rings. The van der Waals surface area contributed by atoms with Crippen LogP contribution in [0.3, 0.4) is 0 Å². The van der Waals surface area contributed by atoms with Crippen molar-refractivity contribution in [3.63, 3.8) is 0 Å². The van der Waals surface area contributed by atoms with Crippen molar-refractivity contribution in [2.24, 2.45) is 5.84 Å². The fourth-order valence-corrected chi connectivity index (χ4v) is 2.03. The second-order valence-corrected chi connectivity index (χ2v) is 5.11. The summed E-state index contributed by atoms with van der Waals surface area (Å²) in [6, 6.07) is 3.93. The van der Waals surface area contributed by atoms with E-state index in [9.17, 15) is 17.6 Å². The number of hydrogen-bond donors (Lipinski definition) is 2. The van der Waals surface area contributed by atoms with E-state index in [1.807, 2.05) is 0 Å². The summed E-state index contributed by atoms with van der Waals surface area (Å²) in [7, 11) is 0.